The van der Waals surface area contributed by atoms with Crippen molar-refractivity contribution in [3.05, 3.63) is 35.9 Å². The van der Waals surface area contributed by atoms with E-state index in [1.807, 2.05) is 6.07 Å². The van der Waals surface area contributed by atoms with Gasteiger partial charge in [0.1, 0.15) is 12.5 Å². The number of halogens is 3. The molecule has 1 spiro atoms. The second-order valence-corrected chi connectivity index (χ2v) is 6.17. The van der Waals surface area contributed by atoms with E-state index in [4.69, 9.17) is 14.2 Å². The van der Waals surface area contributed by atoms with Crippen molar-refractivity contribution in [1.82, 2.24) is 0 Å². The minimum Gasteiger partial charge on any atom is -0.460 e. The van der Waals surface area contributed by atoms with Gasteiger partial charge >= 0.3 is 12.1 Å². The van der Waals surface area contributed by atoms with E-state index in [1.165, 1.54) is 0 Å². The van der Waals surface area contributed by atoms with E-state index >= 15 is 0 Å². The molecule has 2 atom stereocenters. The molecule has 3 rings (SSSR count). The molecule has 24 heavy (non-hydrogen) atoms. The van der Waals surface area contributed by atoms with Crippen LogP contribution in [0.5, 0.6) is 0 Å². The van der Waals surface area contributed by atoms with Gasteiger partial charge in [-0.25, -0.2) is 0 Å². The van der Waals surface area contributed by atoms with Gasteiger partial charge in [-0.15, -0.1) is 0 Å². The van der Waals surface area contributed by atoms with Gasteiger partial charge in [-0.05, 0) is 18.4 Å². The Bertz CT molecular complexity index is 567. The standard InChI is InChI=1S/C17H19F3O4/c18-17(19,20)13-6-7-16(23-8-9-24-16)14(10-13)15(21)22-11-12-4-2-1-3-5-12/h1-5,13-14H,6-11H2/t13-,14+/m0/s1. The number of alkyl halides is 3. The number of hydrogen-bond donors (Lipinski definition) is 0. The summed E-state index contributed by atoms with van der Waals surface area (Å²) in [4.78, 5) is 12.5. The first kappa shape index (κ1) is 17.2. The fourth-order valence-corrected chi connectivity index (χ4v) is 3.35. The zero-order valence-electron chi connectivity index (χ0n) is 13.1. The van der Waals surface area contributed by atoms with E-state index in [0.717, 1.165) is 5.56 Å². The molecule has 0 N–H and O–H groups in total. The average Bonchev–Trinajstić information content (AvgIpc) is 3.02. The largest absolute Gasteiger partial charge is 0.460 e. The van der Waals surface area contributed by atoms with Crippen LogP contribution in [0.4, 0.5) is 13.2 Å². The number of ether oxygens (including phenoxy) is 3. The summed E-state index contributed by atoms with van der Waals surface area (Å²) < 4.78 is 55.5. The zero-order chi connectivity index (χ0) is 17.2. The quantitative estimate of drug-likeness (QED) is 0.788. The molecule has 1 aromatic rings. The fraction of sp³-hybridized carbons (Fsp3) is 0.588. The van der Waals surface area contributed by atoms with Crippen LogP contribution in [0.25, 0.3) is 0 Å². The number of hydrogen-bond acceptors (Lipinski definition) is 4. The van der Waals surface area contributed by atoms with E-state index in [1.54, 1.807) is 24.3 Å². The third kappa shape index (κ3) is 3.57. The van der Waals surface area contributed by atoms with Crippen molar-refractivity contribution in [3.63, 3.8) is 0 Å². The summed E-state index contributed by atoms with van der Waals surface area (Å²) in [7, 11) is 0. The number of carbonyl (C=O) groups excluding carboxylic acids is 1. The third-order valence-corrected chi connectivity index (χ3v) is 4.64. The lowest BCUT2D eigenvalue weighted by Gasteiger charge is -2.41. The normalized spacial score (nSPS) is 26.5. The lowest BCUT2D eigenvalue weighted by Crippen LogP contribution is -2.50. The van der Waals surface area contributed by atoms with Gasteiger partial charge in [0, 0.05) is 6.42 Å². The Morgan fingerprint density at radius 2 is 1.88 bits per heavy atom. The number of benzene rings is 1. The van der Waals surface area contributed by atoms with Crippen molar-refractivity contribution in [2.24, 2.45) is 11.8 Å². The Morgan fingerprint density at radius 3 is 2.50 bits per heavy atom. The lowest BCUT2D eigenvalue weighted by molar-refractivity contribution is -0.254. The molecular formula is C17H19F3O4. The first-order valence-corrected chi connectivity index (χ1v) is 7.96. The maximum atomic E-state index is 13.1. The monoisotopic (exact) mass is 344 g/mol. The van der Waals surface area contributed by atoms with E-state index in [9.17, 15) is 18.0 Å². The van der Waals surface area contributed by atoms with Gasteiger partial charge < -0.3 is 14.2 Å². The van der Waals surface area contributed by atoms with Crippen LogP contribution >= 0.6 is 0 Å². The maximum absolute atomic E-state index is 13.1. The molecule has 0 radical (unpaired) electrons. The predicted octanol–water partition coefficient (Wildman–Crippen LogP) is 3.45. The lowest BCUT2D eigenvalue weighted by atomic mass is 9.76. The highest BCUT2D eigenvalue weighted by atomic mass is 19.4. The van der Waals surface area contributed by atoms with Crippen molar-refractivity contribution in [2.45, 2.75) is 37.8 Å². The van der Waals surface area contributed by atoms with Gasteiger partial charge in [0.25, 0.3) is 0 Å². The Hall–Kier alpha value is -1.60. The van der Waals surface area contributed by atoms with Crippen molar-refractivity contribution < 1.29 is 32.2 Å². The zero-order valence-corrected chi connectivity index (χ0v) is 13.1. The predicted molar refractivity (Wildman–Crippen MR) is 77.8 cm³/mol. The Labute approximate surface area is 137 Å². The van der Waals surface area contributed by atoms with Crippen molar-refractivity contribution in [3.8, 4) is 0 Å². The van der Waals surface area contributed by atoms with Crippen LogP contribution in [0.2, 0.25) is 0 Å². The topological polar surface area (TPSA) is 44.8 Å². The first-order valence-electron chi connectivity index (χ1n) is 7.96. The second kappa shape index (κ2) is 6.72. The van der Waals surface area contributed by atoms with Crippen LogP contribution in [0.15, 0.2) is 30.3 Å². The van der Waals surface area contributed by atoms with Gasteiger partial charge in [0.15, 0.2) is 5.79 Å². The van der Waals surface area contributed by atoms with E-state index in [-0.39, 0.29) is 39.1 Å². The van der Waals surface area contributed by atoms with Gasteiger partial charge in [0.2, 0.25) is 0 Å². The summed E-state index contributed by atoms with van der Waals surface area (Å²) in [5.74, 6) is -4.57. The fourth-order valence-electron chi connectivity index (χ4n) is 3.35. The average molecular weight is 344 g/mol. The summed E-state index contributed by atoms with van der Waals surface area (Å²) in [6, 6.07) is 8.99. The van der Waals surface area contributed by atoms with Crippen molar-refractivity contribution >= 4 is 5.97 Å². The van der Waals surface area contributed by atoms with Crippen molar-refractivity contribution in [2.75, 3.05) is 13.2 Å². The molecule has 1 aromatic carbocycles. The molecule has 2 aliphatic rings. The number of carbonyl (C=O) groups is 1. The molecule has 0 unspecified atom stereocenters. The summed E-state index contributed by atoms with van der Waals surface area (Å²) in [5, 5.41) is 0. The highest BCUT2D eigenvalue weighted by Gasteiger charge is 2.57. The SMILES string of the molecule is O=C(OCc1ccccc1)[C@H]1C[C@@H](C(F)(F)F)CCC12OCCO2. The molecule has 1 aliphatic heterocycles. The molecular weight excluding hydrogens is 325 g/mol. The smallest absolute Gasteiger partial charge is 0.391 e. The Kier molecular flexibility index (Phi) is 4.83. The van der Waals surface area contributed by atoms with Gasteiger partial charge in [-0.3, -0.25) is 4.79 Å². The van der Waals surface area contributed by atoms with Crippen LogP contribution in [-0.4, -0.2) is 31.1 Å². The Morgan fingerprint density at radius 1 is 1.21 bits per heavy atom. The molecule has 1 aliphatic carbocycles. The van der Waals surface area contributed by atoms with E-state index < -0.39 is 29.8 Å². The second-order valence-electron chi connectivity index (χ2n) is 6.17. The van der Waals surface area contributed by atoms with E-state index in [2.05, 4.69) is 0 Å². The number of esters is 1. The van der Waals surface area contributed by atoms with Gasteiger partial charge in [-0.2, -0.15) is 13.2 Å². The van der Waals surface area contributed by atoms with E-state index in [0.29, 0.717) is 0 Å². The van der Waals surface area contributed by atoms with Crippen LogP contribution in [0, 0.1) is 11.8 Å². The van der Waals surface area contributed by atoms with Gasteiger partial charge in [-0.1, -0.05) is 30.3 Å². The molecule has 1 saturated carbocycles. The molecule has 132 valence electrons. The van der Waals surface area contributed by atoms with Crippen LogP contribution < -0.4 is 0 Å². The molecule has 0 bridgehead atoms. The highest BCUT2D eigenvalue weighted by molar-refractivity contribution is 5.74. The molecule has 1 saturated heterocycles. The minimum atomic E-state index is -4.34. The summed E-state index contributed by atoms with van der Waals surface area (Å²) in [5.41, 5.74) is 0.774. The van der Waals surface area contributed by atoms with Crippen molar-refractivity contribution in [1.29, 1.82) is 0 Å². The molecule has 4 nitrogen and oxygen atoms in total. The first-order chi connectivity index (χ1) is 11.4. The molecule has 0 amide bonds. The number of rotatable bonds is 3. The molecule has 0 aromatic heterocycles. The van der Waals surface area contributed by atoms with Crippen LogP contribution in [0.3, 0.4) is 0 Å². The summed E-state index contributed by atoms with van der Waals surface area (Å²) >= 11 is 0. The molecule has 1 heterocycles. The Balaban J connectivity index is 1.71. The van der Waals surface area contributed by atoms with Crippen LogP contribution in [-0.2, 0) is 25.6 Å². The maximum Gasteiger partial charge on any atom is 0.391 e. The minimum absolute atomic E-state index is 0.0168. The summed E-state index contributed by atoms with van der Waals surface area (Å²) in [6.45, 7) is 0.571. The third-order valence-electron chi connectivity index (χ3n) is 4.64. The summed E-state index contributed by atoms with van der Waals surface area (Å²) in [6.07, 6.45) is -4.76. The van der Waals surface area contributed by atoms with Crippen LogP contribution in [0.1, 0.15) is 24.8 Å². The highest BCUT2D eigenvalue weighted by Crippen LogP contribution is 2.48. The molecule has 7 heteroatoms. The molecule has 2 fully saturated rings. The van der Waals surface area contributed by atoms with Gasteiger partial charge in [0.05, 0.1) is 19.1 Å².